The molecular formula is C12H21N3O5. The smallest absolute Gasteiger partial charge is 0.321 e. The highest BCUT2D eigenvalue weighted by atomic mass is 16.5. The van der Waals surface area contributed by atoms with Crippen LogP contribution in [0.1, 0.15) is 13.3 Å². The molecule has 0 aromatic carbocycles. The molecule has 20 heavy (non-hydrogen) atoms. The third-order valence-corrected chi connectivity index (χ3v) is 3.12. The van der Waals surface area contributed by atoms with Gasteiger partial charge in [0.1, 0.15) is 0 Å². The lowest BCUT2D eigenvalue weighted by Crippen LogP contribution is -2.48. The Labute approximate surface area is 117 Å². The summed E-state index contributed by atoms with van der Waals surface area (Å²) in [6, 6.07) is -0.903. The molecular weight excluding hydrogens is 266 g/mol. The van der Waals surface area contributed by atoms with Gasteiger partial charge in [-0.05, 0) is 13.5 Å². The highest BCUT2D eigenvalue weighted by molar-refractivity contribution is 5.95. The molecule has 1 heterocycles. The molecule has 0 bridgehead atoms. The van der Waals surface area contributed by atoms with Gasteiger partial charge < -0.3 is 15.2 Å². The van der Waals surface area contributed by atoms with E-state index < -0.39 is 23.8 Å². The maximum Gasteiger partial charge on any atom is 0.321 e. The maximum absolute atomic E-state index is 11.7. The molecule has 8 nitrogen and oxygen atoms in total. The van der Waals surface area contributed by atoms with Crippen molar-refractivity contribution >= 4 is 17.9 Å². The first-order chi connectivity index (χ1) is 9.45. The summed E-state index contributed by atoms with van der Waals surface area (Å²) in [5.74, 6) is -2.07. The normalized spacial score (nSPS) is 21.8. The number of nitrogens with one attached hydrogen (secondary N) is 2. The van der Waals surface area contributed by atoms with Crippen LogP contribution in [0.4, 0.5) is 4.79 Å². The van der Waals surface area contributed by atoms with Crippen LogP contribution in [0.15, 0.2) is 0 Å². The van der Waals surface area contributed by atoms with Crippen LogP contribution in [0.2, 0.25) is 0 Å². The molecule has 8 heteroatoms. The van der Waals surface area contributed by atoms with Crippen molar-refractivity contribution in [1.82, 2.24) is 15.5 Å². The first-order valence-electron chi connectivity index (χ1n) is 6.54. The van der Waals surface area contributed by atoms with Crippen LogP contribution in [-0.4, -0.2) is 67.3 Å². The summed E-state index contributed by atoms with van der Waals surface area (Å²) in [6.07, 6.45) is 0.779. The quantitative estimate of drug-likeness (QED) is 0.593. The number of imide groups is 1. The van der Waals surface area contributed by atoms with Gasteiger partial charge in [0, 0.05) is 12.6 Å². The molecule has 0 spiro atoms. The Hall–Kier alpha value is -1.67. The summed E-state index contributed by atoms with van der Waals surface area (Å²) >= 11 is 0. The summed E-state index contributed by atoms with van der Waals surface area (Å²) in [4.78, 5) is 35.6. The fourth-order valence-corrected chi connectivity index (χ4v) is 2.01. The number of nitrogens with zero attached hydrogens (tertiary/aromatic N) is 1. The predicted octanol–water partition coefficient (Wildman–Crippen LogP) is -0.746. The van der Waals surface area contributed by atoms with Gasteiger partial charge >= 0.3 is 12.0 Å². The molecule has 0 aliphatic carbocycles. The second kappa shape index (κ2) is 7.81. The van der Waals surface area contributed by atoms with Gasteiger partial charge in [-0.3, -0.25) is 19.8 Å². The zero-order valence-electron chi connectivity index (χ0n) is 11.7. The molecule has 2 atom stereocenters. The van der Waals surface area contributed by atoms with E-state index in [9.17, 15) is 14.4 Å². The molecule has 0 aromatic heterocycles. The number of ether oxygens (including phenoxy) is 1. The van der Waals surface area contributed by atoms with Crippen LogP contribution in [0.3, 0.4) is 0 Å². The first kappa shape index (κ1) is 16.4. The number of hydrogen-bond acceptors (Lipinski definition) is 5. The summed E-state index contributed by atoms with van der Waals surface area (Å²) in [5, 5.41) is 13.8. The van der Waals surface area contributed by atoms with E-state index in [4.69, 9.17) is 9.84 Å². The Morgan fingerprint density at radius 2 is 2.05 bits per heavy atom. The number of likely N-dealkylation sites (N-methyl/N-ethyl adjacent to an activating group) is 1. The van der Waals surface area contributed by atoms with E-state index in [1.165, 1.54) is 0 Å². The highest BCUT2D eigenvalue weighted by Gasteiger charge is 2.37. The van der Waals surface area contributed by atoms with E-state index in [0.29, 0.717) is 6.54 Å². The van der Waals surface area contributed by atoms with Crippen molar-refractivity contribution in [3.8, 4) is 0 Å². The van der Waals surface area contributed by atoms with Crippen molar-refractivity contribution in [3.05, 3.63) is 0 Å². The molecule has 1 rings (SSSR count). The molecule has 2 unspecified atom stereocenters. The average molecular weight is 287 g/mol. The monoisotopic (exact) mass is 287 g/mol. The van der Waals surface area contributed by atoms with E-state index in [1.807, 2.05) is 6.92 Å². The zero-order chi connectivity index (χ0) is 15.1. The molecule has 3 amide bonds. The Bertz CT molecular complexity index is 374. The number of hydrogen-bond donors (Lipinski definition) is 3. The number of aliphatic carboxylic acids is 1. The number of carboxylic acid groups (broad SMARTS) is 1. The van der Waals surface area contributed by atoms with Crippen LogP contribution in [0, 0.1) is 5.92 Å². The summed E-state index contributed by atoms with van der Waals surface area (Å²) in [7, 11) is 1.64. The fraction of sp³-hybridized carbons (Fsp3) is 0.750. The Morgan fingerprint density at radius 3 is 2.65 bits per heavy atom. The molecule has 3 N–H and O–H groups in total. The van der Waals surface area contributed by atoms with Gasteiger partial charge in [-0.25, -0.2) is 4.79 Å². The van der Waals surface area contributed by atoms with Gasteiger partial charge in [-0.15, -0.1) is 0 Å². The van der Waals surface area contributed by atoms with Gasteiger partial charge in [0.25, 0.3) is 0 Å². The lowest BCUT2D eigenvalue weighted by molar-refractivity contribution is -0.143. The Balaban J connectivity index is 2.41. The standard InChI is InChI=1S/C12H21N3O5/c1-3-4-13-12(19)14-10(16)5-15(2)9-7-20-6-8(9)11(17)18/h8-9H,3-7H2,1-2H3,(H,17,18)(H2,13,14,16,19). The van der Waals surface area contributed by atoms with Gasteiger partial charge in [0.05, 0.1) is 25.7 Å². The van der Waals surface area contributed by atoms with Crippen molar-refractivity contribution in [2.24, 2.45) is 5.92 Å². The van der Waals surface area contributed by atoms with Gasteiger partial charge in [0.2, 0.25) is 5.91 Å². The lowest BCUT2D eigenvalue weighted by Gasteiger charge is -2.25. The lowest BCUT2D eigenvalue weighted by atomic mass is 10.0. The van der Waals surface area contributed by atoms with Crippen molar-refractivity contribution in [3.63, 3.8) is 0 Å². The van der Waals surface area contributed by atoms with Crippen molar-refractivity contribution in [1.29, 1.82) is 0 Å². The van der Waals surface area contributed by atoms with Crippen molar-refractivity contribution in [2.45, 2.75) is 19.4 Å². The maximum atomic E-state index is 11.7. The third-order valence-electron chi connectivity index (χ3n) is 3.12. The number of amides is 3. The van der Waals surface area contributed by atoms with E-state index >= 15 is 0 Å². The SMILES string of the molecule is CCCNC(=O)NC(=O)CN(C)C1COCC1C(=O)O. The van der Waals surface area contributed by atoms with Crippen LogP contribution in [0.5, 0.6) is 0 Å². The largest absolute Gasteiger partial charge is 0.481 e. The molecule has 1 fully saturated rings. The van der Waals surface area contributed by atoms with E-state index in [2.05, 4.69) is 10.6 Å². The van der Waals surface area contributed by atoms with E-state index in [-0.39, 0.29) is 25.8 Å². The van der Waals surface area contributed by atoms with E-state index in [1.54, 1.807) is 11.9 Å². The molecule has 1 aliphatic rings. The van der Waals surface area contributed by atoms with Crippen molar-refractivity contribution < 1.29 is 24.2 Å². The molecule has 114 valence electrons. The molecule has 1 saturated heterocycles. The number of carbonyl (C=O) groups is 3. The fourth-order valence-electron chi connectivity index (χ4n) is 2.01. The predicted molar refractivity (Wildman–Crippen MR) is 70.2 cm³/mol. The molecule has 0 aromatic rings. The minimum Gasteiger partial charge on any atom is -0.481 e. The molecule has 1 aliphatic heterocycles. The summed E-state index contributed by atoms with van der Waals surface area (Å²) in [5.41, 5.74) is 0. The minimum absolute atomic E-state index is 0.0582. The van der Waals surface area contributed by atoms with Gasteiger partial charge in [-0.1, -0.05) is 6.92 Å². The second-order valence-corrected chi connectivity index (χ2v) is 4.77. The topological polar surface area (TPSA) is 108 Å². The molecule has 0 saturated carbocycles. The number of carbonyl (C=O) groups excluding carboxylic acids is 2. The molecule has 0 radical (unpaired) electrons. The average Bonchev–Trinajstić information content (AvgIpc) is 2.85. The second-order valence-electron chi connectivity index (χ2n) is 4.77. The highest BCUT2D eigenvalue weighted by Crippen LogP contribution is 2.18. The number of rotatable bonds is 6. The summed E-state index contributed by atoms with van der Waals surface area (Å²) < 4.78 is 5.13. The Morgan fingerprint density at radius 1 is 1.35 bits per heavy atom. The van der Waals surface area contributed by atoms with Crippen LogP contribution in [-0.2, 0) is 14.3 Å². The zero-order valence-corrected chi connectivity index (χ0v) is 11.7. The summed E-state index contributed by atoms with van der Waals surface area (Å²) in [6.45, 7) is 2.75. The third kappa shape index (κ3) is 4.78. The van der Waals surface area contributed by atoms with Crippen LogP contribution < -0.4 is 10.6 Å². The van der Waals surface area contributed by atoms with Crippen LogP contribution in [0.25, 0.3) is 0 Å². The number of urea groups is 1. The van der Waals surface area contributed by atoms with Crippen LogP contribution >= 0.6 is 0 Å². The first-order valence-corrected chi connectivity index (χ1v) is 6.54. The minimum atomic E-state index is -0.944. The van der Waals surface area contributed by atoms with Gasteiger partial charge in [-0.2, -0.15) is 0 Å². The van der Waals surface area contributed by atoms with Gasteiger partial charge in [0.15, 0.2) is 0 Å². The van der Waals surface area contributed by atoms with Crippen molar-refractivity contribution in [2.75, 3.05) is 33.4 Å². The Kier molecular flexibility index (Phi) is 6.40. The van der Waals surface area contributed by atoms with E-state index in [0.717, 1.165) is 6.42 Å². The number of carboxylic acids is 1.